The summed E-state index contributed by atoms with van der Waals surface area (Å²) in [5.41, 5.74) is 8.84. The zero-order chi connectivity index (χ0) is 10.2. The minimum atomic E-state index is -0.0547. The van der Waals surface area contributed by atoms with Gasteiger partial charge in [0, 0.05) is 25.3 Å². The number of anilines is 1. The summed E-state index contributed by atoms with van der Waals surface area (Å²) < 4.78 is 0. The van der Waals surface area contributed by atoms with E-state index in [0.29, 0.717) is 0 Å². The lowest BCUT2D eigenvalue weighted by atomic mass is 9.72. The Kier molecular flexibility index (Phi) is 2.23. The molecule has 0 aliphatic heterocycles. The smallest absolute Gasteiger partial charge is 0.0430 e. The van der Waals surface area contributed by atoms with E-state index >= 15 is 0 Å². The van der Waals surface area contributed by atoms with E-state index in [1.165, 1.54) is 17.7 Å². The summed E-state index contributed by atoms with van der Waals surface area (Å²) in [7, 11) is 4.14. The lowest BCUT2D eigenvalue weighted by molar-refractivity contribution is 0.254. The van der Waals surface area contributed by atoms with Crippen LogP contribution in [0, 0.1) is 0 Å². The van der Waals surface area contributed by atoms with Gasteiger partial charge in [-0.3, -0.25) is 0 Å². The van der Waals surface area contributed by atoms with Crippen LogP contribution in [0.2, 0.25) is 0 Å². The first-order chi connectivity index (χ1) is 6.63. The van der Waals surface area contributed by atoms with Gasteiger partial charge >= 0.3 is 0 Å². The summed E-state index contributed by atoms with van der Waals surface area (Å²) in [6.07, 6.45) is 3.51. The Bertz CT molecular complexity index is 327. The Morgan fingerprint density at radius 1 is 1.21 bits per heavy atom. The van der Waals surface area contributed by atoms with Gasteiger partial charge in [0.1, 0.15) is 0 Å². The van der Waals surface area contributed by atoms with E-state index in [4.69, 9.17) is 5.73 Å². The van der Waals surface area contributed by atoms with Gasteiger partial charge < -0.3 is 10.6 Å². The number of hydrogen-bond acceptors (Lipinski definition) is 2. The fraction of sp³-hybridized carbons (Fsp3) is 0.500. The number of para-hydroxylation sites is 1. The first-order valence-corrected chi connectivity index (χ1v) is 5.19. The minimum Gasteiger partial charge on any atom is -0.377 e. The second kappa shape index (κ2) is 3.28. The Balaban J connectivity index is 2.41. The number of rotatable bonds is 2. The zero-order valence-corrected chi connectivity index (χ0v) is 8.96. The number of nitrogens with zero attached hydrogens (tertiary/aromatic N) is 1. The van der Waals surface area contributed by atoms with Gasteiger partial charge in [-0.25, -0.2) is 0 Å². The first-order valence-electron chi connectivity index (χ1n) is 5.19. The predicted octanol–water partition coefficient (Wildman–Crippen LogP) is 2.09. The summed E-state index contributed by atoms with van der Waals surface area (Å²) in [4.78, 5) is 2.14. The minimum absolute atomic E-state index is 0.0547. The molecule has 0 amide bonds. The maximum absolute atomic E-state index is 6.34. The highest BCUT2D eigenvalue weighted by atomic mass is 15.1. The van der Waals surface area contributed by atoms with E-state index in [1.54, 1.807) is 0 Å². The highest BCUT2D eigenvalue weighted by Crippen LogP contribution is 2.42. The van der Waals surface area contributed by atoms with Crippen molar-refractivity contribution in [1.82, 2.24) is 0 Å². The van der Waals surface area contributed by atoms with Crippen molar-refractivity contribution in [2.24, 2.45) is 5.73 Å². The van der Waals surface area contributed by atoms with Crippen molar-refractivity contribution >= 4 is 5.69 Å². The molecule has 76 valence electrons. The van der Waals surface area contributed by atoms with E-state index < -0.39 is 0 Å². The van der Waals surface area contributed by atoms with Crippen molar-refractivity contribution in [3.05, 3.63) is 29.8 Å². The molecule has 14 heavy (non-hydrogen) atoms. The van der Waals surface area contributed by atoms with E-state index in [1.807, 2.05) is 0 Å². The van der Waals surface area contributed by atoms with Crippen LogP contribution in [-0.4, -0.2) is 14.1 Å². The SMILES string of the molecule is CN(C)c1ccccc1C1(N)CCC1. The number of benzene rings is 1. The monoisotopic (exact) mass is 190 g/mol. The highest BCUT2D eigenvalue weighted by molar-refractivity contribution is 5.56. The van der Waals surface area contributed by atoms with Crippen molar-refractivity contribution in [3.63, 3.8) is 0 Å². The van der Waals surface area contributed by atoms with Crippen molar-refractivity contribution in [2.45, 2.75) is 24.8 Å². The third kappa shape index (κ3) is 1.40. The first kappa shape index (κ1) is 9.53. The molecule has 0 spiro atoms. The summed E-state index contributed by atoms with van der Waals surface area (Å²) in [6, 6.07) is 8.45. The molecule has 0 heterocycles. The molecule has 1 aromatic rings. The van der Waals surface area contributed by atoms with E-state index in [-0.39, 0.29) is 5.54 Å². The Morgan fingerprint density at radius 2 is 1.86 bits per heavy atom. The standard InChI is InChI=1S/C12H18N2/c1-14(2)11-7-4-3-6-10(11)12(13)8-5-9-12/h3-4,6-7H,5,8-9,13H2,1-2H3. The van der Waals surface area contributed by atoms with Crippen molar-refractivity contribution in [3.8, 4) is 0 Å². The van der Waals surface area contributed by atoms with Gasteiger partial charge in [-0.05, 0) is 30.9 Å². The molecular weight excluding hydrogens is 172 g/mol. The predicted molar refractivity (Wildman–Crippen MR) is 60.5 cm³/mol. The highest BCUT2D eigenvalue weighted by Gasteiger charge is 2.36. The van der Waals surface area contributed by atoms with Crippen LogP contribution in [0.5, 0.6) is 0 Å². The second-order valence-electron chi connectivity index (χ2n) is 4.42. The van der Waals surface area contributed by atoms with Crippen LogP contribution in [0.25, 0.3) is 0 Å². The molecule has 2 nitrogen and oxygen atoms in total. The van der Waals surface area contributed by atoms with Crippen molar-refractivity contribution < 1.29 is 0 Å². The van der Waals surface area contributed by atoms with Gasteiger partial charge in [-0.2, -0.15) is 0 Å². The molecule has 1 aliphatic carbocycles. The summed E-state index contributed by atoms with van der Waals surface area (Å²) in [5, 5.41) is 0. The van der Waals surface area contributed by atoms with Crippen LogP contribution in [0.3, 0.4) is 0 Å². The fourth-order valence-corrected chi connectivity index (χ4v) is 2.11. The van der Waals surface area contributed by atoms with Crippen LogP contribution < -0.4 is 10.6 Å². The molecule has 0 saturated heterocycles. The normalized spacial score (nSPS) is 18.8. The van der Waals surface area contributed by atoms with Gasteiger partial charge in [0.2, 0.25) is 0 Å². The Morgan fingerprint density at radius 3 is 2.36 bits per heavy atom. The number of nitrogens with two attached hydrogens (primary N) is 1. The fourth-order valence-electron chi connectivity index (χ4n) is 2.11. The van der Waals surface area contributed by atoms with E-state index in [0.717, 1.165) is 12.8 Å². The van der Waals surface area contributed by atoms with E-state index in [9.17, 15) is 0 Å². The molecule has 0 atom stereocenters. The molecule has 0 bridgehead atoms. The maximum Gasteiger partial charge on any atom is 0.0430 e. The molecule has 0 unspecified atom stereocenters. The van der Waals surface area contributed by atoms with Gasteiger partial charge in [-0.15, -0.1) is 0 Å². The molecule has 0 radical (unpaired) electrons. The van der Waals surface area contributed by atoms with Crippen LogP contribution in [0.1, 0.15) is 24.8 Å². The van der Waals surface area contributed by atoms with Gasteiger partial charge in [0.25, 0.3) is 0 Å². The molecule has 2 rings (SSSR count). The second-order valence-corrected chi connectivity index (χ2v) is 4.42. The molecular formula is C12H18N2. The third-order valence-electron chi connectivity index (χ3n) is 3.17. The summed E-state index contributed by atoms with van der Waals surface area (Å²) in [5.74, 6) is 0. The molecule has 1 saturated carbocycles. The molecule has 1 aliphatic rings. The quantitative estimate of drug-likeness (QED) is 0.773. The largest absolute Gasteiger partial charge is 0.377 e. The molecule has 0 aromatic heterocycles. The Hall–Kier alpha value is -1.02. The van der Waals surface area contributed by atoms with Crippen LogP contribution in [0.4, 0.5) is 5.69 Å². The zero-order valence-electron chi connectivity index (χ0n) is 8.96. The third-order valence-corrected chi connectivity index (χ3v) is 3.17. The van der Waals surface area contributed by atoms with Gasteiger partial charge in [-0.1, -0.05) is 18.2 Å². The van der Waals surface area contributed by atoms with Crippen molar-refractivity contribution in [1.29, 1.82) is 0 Å². The lowest BCUT2D eigenvalue weighted by Crippen LogP contribution is -2.44. The Labute approximate surface area is 85.7 Å². The van der Waals surface area contributed by atoms with E-state index in [2.05, 4.69) is 43.3 Å². The van der Waals surface area contributed by atoms with Crippen LogP contribution in [0.15, 0.2) is 24.3 Å². The van der Waals surface area contributed by atoms with Crippen molar-refractivity contribution in [2.75, 3.05) is 19.0 Å². The molecule has 1 aromatic carbocycles. The summed E-state index contributed by atoms with van der Waals surface area (Å²) in [6.45, 7) is 0. The topological polar surface area (TPSA) is 29.3 Å². The molecule has 1 fully saturated rings. The lowest BCUT2D eigenvalue weighted by Gasteiger charge is -2.40. The molecule has 2 N–H and O–H groups in total. The average molecular weight is 190 g/mol. The average Bonchev–Trinajstić information content (AvgIpc) is 2.14. The van der Waals surface area contributed by atoms with Gasteiger partial charge in [0.05, 0.1) is 0 Å². The van der Waals surface area contributed by atoms with Crippen LogP contribution in [-0.2, 0) is 5.54 Å². The maximum atomic E-state index is 6.34. The van der Waals surface area contributed by atoms with Crippen LogP contribution >= 0.6 is 0 Å². The number of hydrogen-bond donors (Lipinski definition) is 1. The molecule has 2 heteroatoms. The van der Waals surface area contributed by atoms with Gasteiger partial charge in [0.15, 0.2) is 0 Å². The summed E-state index contributed by atoms with van der Waals surface area (Å²) >= 11 is 0.